The fraction of sp³-hybridized carbons (Fsp3) is 0.0769. The number of halogens is 3. The van der Waals surface area contributed by atoms with Gasteiger partial charge in [0.25, 0.3) is 0 Å². The van der Waals surface area contributed by atoms with Gasteiger partial charge in [0.15, 0.2) is 11.6 Å². The minimum Gasteiger partial charge on any atom is -0.489 e. The molecule has 0 amide bonds. The highest BCUT2D eigenvalue weighted by molar-refractivity contribution is 5.23. The predicted octanol–water partition coefficient (Wildman–Crippen LogP) is 3.68. The zero-order valence-electron chi connectivity index (χ0n) is 8.79. The first-order valence-electron chi connectivity index (χ1n) is 4.97. The molecular weight excluding hydrogens is 229 g/mol. The Balaban J connectivity index is 2.02. The average molecular weight is 238 g/mol. The summed E-state index contributed by atoms with van der Waals surface area (Å²) in [6.07, 6.45) is 0. The molecule has 0 aliphatic rings. The number of ether oxygens (including phenoxy) is 1. The lowest BCUT2D eigenvalue weighted by atomic mass is 10.2. The molecule has 0 aliphatic heterocycles. The van der Waals surface area contributed by atoms with Gasteiger partial charge in [-0.25, -0.2) is 13.2 Å². The monoisotopic (exact) mass is 238 g/mol. The third kappa shape index (κ3) is 3.00. The van der Waals surface area contributed by atoms with Crippen LogP contribution in [0.2, 0.25) is 0 Å². The third-order valence-corrected chi connectivity index (χ3v) is 2.20. The maximum absolute atomic E-state index is 12.9. The van der Waals surface area contributed by atoms with Crippen LogP contribution in [0.4, 0.5) is 13.2 Å². The van der Waals surface area contributed by atoms with E-state index in [1.54, 1.807) is 0 Å². The van der Waals surface area contributed by atoms with Gasteiger partial charge in [0.1, 0.15) is 18.2 Å². The number of hydrogen-bond donors (Lipinski definition) is 0. The second-order valence-electron chi connectivity index (χ2n) is 3.49. The van der Waals surface area contributed by atoms with Crippen molar-refractivity contribution >= 4 is 0 Å². The van der Waals surface area contributed by atoms with E-state index in [1.165, 1.54) is 30.3 Å². The lowest BCUT2D eigenvalue weighted by molar-refractivity contribution is 0.304. The Labute approximate surface area is 96.5 Å². The first-order chi connectivity index (χ1) is 8.15. The molecule has 4 heteroatoms. The van der Waals surface area contributed by atoms with Crippen LogP contribution < -0.4 is 4.74 Å². The fourth-order valence-corrected chi connectivity index (χ4v) is 1.33. The van der Waals surface area contributed by atoms with Crippen LogP contribution in [0.15, 0.2) is 42.5 Å². The SMILES string of the molecule is Fc1ccc(OCc2ccc(F)c(F)c2)cc1. The number of rotatable bonds is 3. The molecular formula is C13H9F3O. The van der Waals surface area contributed by atoms with Gasteiger partial charge >= 0.3 is 0 Å². The van der Waals surface area contributed by atoms with Crippen LogP contribution in [0.5, 0.6) is 5.75 Å². The van der Waals surface area contributed by atoms with Crippen molar-refractivity contribution in [3.63, 3.8) is 0 Å². The zero-order chi connectivity index (χ0) is 12.3. The van der Waals surface area contributed by atoms with Crippen molar-refractivity contribution in [3.05, 3.63) is 65.5 Å². The molecule has 0 aliphatic carbocycles. The molecule has 0 fully saturated rings. The number of hydrogen-bond acceptors (Lipinski definition) is 1. The van der Waals surface area contributed by atoms with Crippen LogP contribution in [0.3, 0.4) is 0 Å². The van der Waals surface area contributed by atoms with E-state index < -0.39 is 11.6 Å². The summed E-state index contributed by atoms with van der Waals surface area (Å²) in [5, 5.41) is 0. The van der Waals surface area contributed by atoms with E-state index in [-0.39, 0.29) is 12.4 Å². The molecule has 2 aromatic rings. The van der Waals surface area contributed by atoms with Crippen LogP contribution in [0, 0.1) is 17.5 Å². The van der Waals surface area contributed by atoms with Crippen molar-refractivity contribution in [1.29, 1.82) is 0 Å². The van der Waals surface area contributed by atoms with E-state index in [9.17, 15) is 13.2 Å². The first kappa shape index (κ1) is 11.5. The summed E-state index contributed by atoms with van der Waals surface area (Å²) < 4.78 is 43.4. The van der Waals surface area contributed by atoms with Gasteiger partial charge in [-0.15, -0.1) is 0 Å². The van der Waals surface area contributed by atoms with Crippen molar-refractivity contribution in [2.45, 2.75) is 6.61 Å². The highest BCUT2D eigenvalue weighted by Crippen LogP contribution is 2.14. The quantitative estimate of drug-likeness (QED) is 0.792. The summed E-state index contributed by atoms with van der Waals surface area (Å²) in [4.78, 5) is 0. The Morgan fingerprint density at radius 2 is 1.53 bits per heavy atom. The molecule has 1 nitrogen and oxygen atoms in total. The van der Waals surface area contributed by atoms with E-state index in [0.29, 0.717) is 11.3 Å². The molecule has 0 spiro atoms. The van der Waals surface area contributed by atoms with E-state index in [0.717, 1.165) is 12.1 Å². The van der Waals surface area contributed by atoms with Crippen LogP contribution in [0.25, 0.3) is 0 Å². The highest BCUT2D eigenvalue weighted by atomic mass is 19.2. The Hall–Kier alpha value is -1.97. The van der Waals surface area contributed by atoms with Crippen LogP contribution in [-0.4, -0.2) is 0 Å². The summed E-state index contributed by atoms with van der Waals surface area (Å²) in [6.45, 7) is 0.100. The summed E-state index contributed by atoms with van der Waals surface area (Å²) in [5.74, 6) is -1.69. The van der Waals surface area contributed by atoms with Gasteiger partial charge in [-0.3, -0.25) is 0 Å². The largest absolute Gasteiger partial charge is 0.489 e. The van der Waals surface area contributed by atoms with E-state index in [2.05, 4.69) is 0 Å². The zero-order valence-corrected chi connectivity index (χ0v) is 8.79. The smallest absolute Gasteiger partial charge is 0.159 e. The second-order valence-corrected chi connectivity index (χ2v) is 3.49. The van der Waals surface area contributed by atoms with Crippen molar-refractivity contribution in [2.75, 3.05) is 0 Å². The van der Waals surface area contributed by atoms with Crippen molar-refractivity contribution in [1.82, 2.24) is 0 Å². The molecule has 0 unspecified atom stereocenters. The van der Waals surface area contributed by atoms with E-state index >= 15 is 0 Å². The van der Waals surface area contributed by atoms with Crippen LogP contribution in [0.1, 0.15) is 5.56 Å². The molecule has 0 saturated carbocycles. The van der Waals surface area contributed by atoms with E-state index in [1.807, 2.05) is 0 Å². The maximum Gasteiger partial charge on any atom is 0.159 e. The van der Waals surface area contributed by atoms with Gasteiger partial charge in [0.05, 0.1) is 0 Å². The van der Waals surface area contributed by atoms with Crippen molar-refractivity contribution in [2.24, 2.45) is 0 Å². The van der Waals surface area contributed by atoms with Crippen LogP contribution in [-0.2, 0) is 6.61 Å². The van der Waals surface area contributed by atoms with Crippen molar-refractivity contribution in [3.8, 4) is 5.75 Å². The molecule has 0 saturated heterocycles. The van der Waals surface area contributed by atoms with Crippen molar-refractivity contribution < 1.29 is 17.9 Å². The normalized spacial score (nSPS) is 10.3. The molecule has 0 N–H and O–H groups in total. The van der Waals surface area contributed by atoms with Gasteiger partial charge in [-0.05, 0) is 42.0 Å². The topological polar surface area (TPSA) is 9.23 Å². The van der Waals surface area contributed by atoms with Gasteiger partial charge in [-0.1, -0.05) is 6.07 Å². The molecule has 0 heterocycles. The lowest BCUT2D eigenvalue weighted by Gasteiger charge is -2.06. The summed E-state index contributed by atoms with van der Waals surface area (Å²) in [7, 11) is 0. The van der Waals surface area contributed by atoms with E-state index in [4.69, 9.17) is 4.74 Å². The highest BCUT2D eigenvalue weighted by Gasteiger charge is 2.03. The molecule has 0 radical (unpaired) electrons. The molecule has 88 valence electrons. The van der Waals surface area contributed by atoms with Crippen LogP contribution >= 0.6 is 0 Å². The molecule has 17 heavy (non-hydrogen) atoms. The second kappa shape index (κ2) is 4.91. The maximum atomic E-state index is 12.9. The Morgan fingerprint density at radius 1 is 0.824 bits per heavy atom. The Morgan fingerprint density at radius 3 is 2.18 bits per heavy atom. The molecule has 0 atom stereocenters. The summed E-state index contributed by atoms with van der Waals surface area (Å²) >= 11 is 0. The molecule has 0 aromatic heterocycles. The molecule has 0 bridgehead atoms. The predicted molar refractivity (Wildman–Crippen MR) is 57.1 cm³/mol. The first-order valence-corrected chi connectivity index (χ1v) is 4.97. The summed E-state index contributed by atoms with van der Waals surface area (Å²) in [6, 6.07) is 9.01. The summed E-state index contributed by atoms with van der Waals surface area (Å²) in [5.41, 5.74) is 0.508. The molecule has 2 aromatic carbocycles. The average Bonchev–Trinajstić information content (AvgIpc) is 2.33. The van der Waals surface area contributed by atoms with Gasteiger partial charge in [0.2, 0.25) is 0 Å². The minimum atomic E-state index is -0.912. The molecule has 2 rings (SSSR count). The Kier molecular flexibility index (Phi) is 3.32. The third-order valence-electron chi connectivity index (χ3n) is 2.20. The fourth-order valence-electron chi connectivity index (χ4n) is 1.33. The standard InChI is InChI=1S/C13H9F3O/c14-10-2-4-11(5-3-10)17-8-9-1-6-12(15)13(16)7-9/h1-7H,8H2. The minimum absolute atomic E-state index is 0.100. The van der Waals surface area contributed by atoms with Gasteiger partial charge in [-0.2, -0.15) is 0 Å². The lowest BCUT2D eigenvalue weighted by Crippen LogP contribution is -1.97. The number of benzene rings is 2. The van der Waals surface area contributed by atoms with Gasteiger partial charge in [0, 0.05) is 0 Å². The Bertz CT molecular complexity index is 509. The van der Waals surface area contributed by atoms with Gasteiger partial charge < -0.3 is 4.74 Å².